The van der Waals surface area contributed by atoms with Crippen LogP contribution < -0.4 is 14.8 Å². The zero-order valence-electron chi connectivity index (χ0n) is 18.7. The van der Waals surface area contributed by atoms with Crippen LogP contribution in [0.25, 0.3) is 16.9 Å². The average molecular weight is 457 g/mol. The van der Waals surface area contributed by atoms with Crippen molar-refractivity contribution in [3.05, 3.63) is 90.6 Å². The van der Waals surface area contributed by atoms with Gasteiger partial charge < -0.3 is 19.5 Å². The number of ether oxygens (including phenoxy) is 3. The highest BCUT2D eigenvalue weighted by atomic mass is 16.5. The minimum absolute atomic E-state index is 0.205. The number of nitrogens with one attached hydrogen (secondary N) is 1. The molecule has 1 aromatic heterocycles. The smallest absolute Gasteiger partial charge is 0.357 e. The van der Waals surface area contributed by atoms with E-state index < -0.39 is 18.5 Å². The summed E-state index contributed by atoms with van der Waals surface area (Å²) in [6, 6.07) is 25.4. The monoisotopic (exact) mass is 457 g/mol. The van der Waals surface area contributed by atoms with Crippen molar-refractivity contribution < 1.29 is 23.8 Å². The minimum Gasteiger partial charge on any atom is -0.497 e. The van der Waals surface area contributed by atoms with E-state index in [0.717, 1.165) is 5.56 Å². The Labute approximate surface area is 196 Å². The molecular formula is C26H23N3O5. The molecule has 0 aliphatic carbocycles. The van der Waals surface area contributed by atoms with Crippen molar-refractivity contribution in [1.29, 1.82) is 0 Å². The number of esters is 1. The molecule has 1 heterocycles. The summed E-state index contributed by atoms with van der Waals surface area (Å²) in [6.45, 7) is -0.486. The molecule has 1 N–H and O–H groups in total. The number of benzene rings is 3. The van der Waals surface area contributed by atoms with Crippen LogP contribution in [-0.2, 0) is 9.53 Å². The molecule has 0 aliphatic rings. The van der Waals surface area contributed by atoms with Crippen molar-refractivity contribution in [1.82, 2.24) is 9.78 Å². The fourth-order valence-corrected chi connectivity index (χ4v) is 3.35. The summed E-state index contributed by atoms with van der Waals surface area (Å²) in [6.07, 6.45) is 0. The largest absolute Gasteiger partial charge is 0.497 e. The highest BCUT2D eigenvalue weighted by Crippen LogP contribution is 2.29. The maximum atomic E-state index is 13.0. The minimum atomic E-state index is -0.675. The quantitative estimate of drug-likeness (QED) is 0.396. The Kier molecular flexibility index (Phi) is 6.88. The molecule has 8 nitrogen and oxygen atoms in total. The summed E-state index contributed by atoms with van der Waals surface area (Å²) in [5.74, 6) is -0.191. The number of aromatic nitrogens is 2. The van der Waals surface area contributed by atoms with E-state index in [4.69, 9.17) is 14.2 Å². The lowest BCUT2D eigenvalue weighted by molar-refractivity contribution is -0.119. The number of hydrogen-bond donors (Lipinski definition) is 1. The van der Waals surface area contributed by atoms with Gasteiger partial charge in [0.1, 0.15) is 11.5 Å². The van der Waals surface area contributed by atoms with Crippen LogP contribution in [0.15, 0.2) is 84.9 Å². The number of carbonyl (C=O) groups excluding carboxylic acids is 2. The number of amides is 1. The van der Waals surface area contributed by atoms with Gasteiger partial charge in [-0.2, -0.15) is 5.10 Å². The molecule has 172 valence electrons. The van der Waals surface area contributed by atoms with E-state index >= 15 is 0 Å². The second kappa shape index (κ2) is 10.4. The maximum Gasteiger partial charge on any atom is 0.357 e. The van der Waals surface area contributed by atoms with Crippen molar-refractivity contribution in [2.45, 2.75) is 0 Å². The number of hydrogen-bond acceptors (Lipinski definition) is 6. The third-order valence-electron chi connectivity index (χ3n) is 5.00. The van der Waals surface area contributed by atoms with Gasteiger partial charge in [-0.05, 0) is 30.3 Å². The molecule has 0 radical (unpaired) electrons. The van der Waals surface area contributed by atoms with Gasteiger partial charge in [-0.3, -0.25) is 4.79 Å². The van der Waals surface area contributed by atoms with Crippen LogP contribution in [0.1, 0.15) is 10.5 Å². The van der Waals surface area contributed by atoms with E-state index in [-0.39, 0.29) is 5.69 Å². The summed E-state index contributed by atoms with van der Waals surface area (Å²) in [5, 5.41) is 7.27. The Morgan fingerprint density at radius 3 is 2.26 bits per heavy atom. The molecule has 0 bridgehead atoms. The lowest BCUT2D eigenvalue weighted by Crippen LogP contribution is -2.22. The van der Waals surface area contributed by atoms with Crippen LogP contribution in [0, 0.1) is 0 Å². The van der Waals surface area contributed by atoms with Crippen LogP contribution in [0.3, 0.4) is 0 Å². The van der Waals surface area contributed by atoms with Crippen molar-refractivity contribution in [3.8, 4) is 28.4 Å². The molecule has 0 unspecified atom stereocenters. The summed E-state index contributed by atoms with van der Waals surface area (Å²) in [5.41, 5.74) is 2.78. The summed E-state index contributed by atoms with van der Waals surface area (Å²) in [7, 11) is 3.02. The van der Waals surface area contributed by atoms with Crippen molar-refractivity contribution in [2.75, 3.05) is 26.1 Å². The fraction of sp³-hybridized carbons (Fsp3) is 0.115. The Hall–Kier alpha value is -4.59. The molecule has 3 aromatic carbocycles. The van der Waals surface area contributed by atoms with E-state index in [1.54, 1.807) is 24.3 Å². The van der Waals surface area contributed by atoms with Crippen molar-refractivity contribution >= 4 is 17.6 Å². The van der Waals surface area contributed by atoms with Crippen LogP contribution in [0.2, 0.25) is 0 Å². The Morgan fingerprint density at radius 2 is 1.59 bits per heavy atom. The van der Waals surface area contributed by atoms with E-state index in [9.17, 15) is 9.59 Å². The first-order chi connectivity index (χ1) is 16.6. The zero-order valence-corrected chi connectivity index (χ0v) is 18.7. The van der Waals surface area contributed by atoms with E-state index in [2.05, 4.69) is 10.4 Å². The molecule has 0 spiro atoms. The van der Waals surface area contributed by atoms with E-state index in [1.165, 1.54) is 18.9 Å². The van der Waals surface area contributed by atoms with Crippen LogP contribution in [0.5, 0.6) is 11.5 Å². The number of anilines is 1. The molecular weight excluding hydrogens is 434 g/mol. The van der Waals surface area contributed by atoms with Crippen LogP contribution in [0.4, 0.5) is 5.69 Å². The third-order valence-corrected chi connectivity index (χ3v) is 5.00. The van der Waals surface area contributed by atoms with Gasteiger partial charge in [0.15, 0.2) is 12.3 Å². The molecule has 8 heteroatoms. The van der Waals surface area contributed by atoms with E-state index in [0.29, 0.717) is 28.6 Å². The highest BCUT2D eigenvalue weighted by Gasteiger charge is 2.20. The van der Waals surface area contributed by atoms with Gasteiger partial charge in [0.05, 0.1) is 31.3 Å². The topological polar surface area (TPSA) is 91.7 Å². The predicted octanol–water partition coefficient (Wildman–Crippen LogP) is 4.35. The lowest BCUT2D eigenvalue weighted by atomic mass is 10.1. The zero-order chi connectivity index (χ0) is 23.9. The molecule has 0 aliphatic heterocycles. The van der Waals surface area contributed by atoms with Gasteiger partial charge in [-0.1, -0.05) is 48.5 Å². The number of methoxy groups -OCH3 is 2. The molecule has 0 fully saturated rings. The van der Waals surface area contributed by atoms with E-state index in [1.807, 2.05) is 60.7 Å². The maximum absolute atomic E-state index is 13.0. The predicted molar refractivity (Wildman–Crippen MR) is 127 cm³/mol. The Balaban J connectivity index is 1.53. The highest BCUT2D eigenvalue weighted by molar-refractivity contribution is 5.96. The normalized spacial score (nSPS) is 10.4. The van der Waals surface area contributed by atoms with Gasteiger partial charge in [0, 0.05) is 11.6 Å². The molecule has 0 saturated carbocycles. The molecule has 0 atom stereocenters. The average Bonchev–Trinajstić information content (AvgIpc) is 3.34. The van der Waals surface area contributed by atoms with Crippen molar-refractivity contribution in [3.63, 3.8) is 0 Å². The first-order valence-corrected chi connectivity index (χ1v) is 10.5. The molecule has 34 heavy (non-hydrogen) atoms. The molecule has 1 amide bonds. The number of para-hydroxylation sites is 1. The van der Waals surface area contributed by atoms with Gasteiger partial charge in [0.2, 0.25) is 0 Å². The van der Waals surface area contributed by atoms with Gasteiger partial charge in [-0.25, -0.2) is 9.48 Å². The second-order valence-corrected chi connectivity index (χ2v) is 7.22. The van der Waals surface area contributed by atoms with Gasteiger partial charge in [-0.15, -0.1) is 0 Å². The van der Waals surface area contributed by atoms with Gasteiger partial charge in [0.25, 0.3) is 5.91 Å². The first kappa shape index (κ1) is 22.6. The number of rotatable bonds is 8. The summed E-state index contributed by atoms with van der Waals surface area (Å²) >= 11 is 0. The Morgan fingerprint density at radius 1 is 0.882 bits per heavy atom. The number of carbonyl (C=O) groups is 2. The SMILES string of the molecule is COc1ccc(OC)c(NC(=O)COC(=O)c2cc(-c3ccccc3)nn2-c2ccccc2)c1. The molecule has 4 rings (SSSR count). The first-order valence-electron chi connectivity index (χ1n) is 10.5. The van der Waals surface area contributed by atoms with Gasteiger partial charge >= 0.3 is 5.97 Å². The third kappa shape index (κ3) is 5.07. The second-order valence-electron chi connectivity index (χ2n) is 7.22. The summed E-state index contributed by atoms with van der Waals surface area (Å²) < 4.78 is 17.3. The fourth-order valence-electron chi connectivity index (χ4n) is 3.35. The standard InChI is InChI=1S/C26H23N3O5/c1-32-20-13-14-24(33-2)22(15-20)27-25(30)17-34-26(31)23-16-21(18-9-5-3-6-10-18)28-29(23)19-11-7-4-8-12-19/h3-16H,17H2,1-2H3,(H,27,30). The lowest BCUT2D eigenvalue weighted by Gasteiger charge is -2.12. The Bertz CT molecular complexity index is 1290. The molecule has 4 aromatic rings. The molecule has 0 saturated heterocycles. The number of nitrogens with zero attached hydrogens (tertiary/aromatic N) is 2. The van der Waals surface area contributed by atoms with Crippen LogP contribution in [-0.4, -0.2) is 42.5 Å². The van der Waals surface area contributed by atoms with Crippen LogP contribution >= 0.6 is 0 Å². The van der Waals surface area contributed by atoms with Crippen molar-refractivity contribution in [2.24, 2.45) is 0 Å². The summed E-state index contributed by atoms with van der Waals surface area (Å²) in [4.78, 5) is 25.4.